The number of benzene rings is 4. The van der Waals surface area contributed by atoms with Gasteiger partial charge in [0.05, 0.1) is 35.1 Å². The van der Waals surface area contributed by atoms with Crippen molar-refractivity contribution in [2.45, 2.75) is 32.7 Å². The van der Waals surface area contributed by atoms with Crippen LogP contribution in [0.15, 0.2) is 134 Å². The van der Waals surface area contributed by atoms with Gasteiger partial charge in [-0.15, -0.1) is 0 Å². The van der Waals surface area contributed by atoms with Gasteiger partial charge in [-0.05, 0) is 96.3 Å². The highest BCUT2D eigenvalue weighted by Crippen LogP contribution is 2.44. The standard InChI is InChI=1S/C44H30O13/c1-2-51-34-6-4-8-36-41(34)26(19-39(49)55-36)21-52-44-30-16-25(15-24-18-38(48)54-35-7-3-5-31(46)40(24)35)43(50)57-42(30)29-14-22(9-11-33(29)56-44)13-23-17-37(47)53-32-12-10-27(45)20-28(23)32/h3-12,14,16-20,44-46H,2,13,15,21H2,1H3. The summed E-state index contributed by atoms with van der Waals surface area (Å²) in [6.07, 6.45) is -1.04. The molecule has 0 saturated carbocycles. The van der Waals surface area contributed by atoms with Crippen LogP contribution in [0.5, 0.6) is 23.0 Å². The van der Waals surface area contributed by atoms with Crippen molar-refractivity contribution in [1.82, 2.24) is 0 Å². The third kappa shape index (κ3) is 6.59. The van der Waals surface area contributed by atoms with E-state index in [0.717, 1.165) is 0 Å². The summed E-state index contributed by atoms with van der Waals surface area (Å²) in [5.41, 5.74) is 1.26. The first-order valence-corrected chi connectivity index (χ1v) is 17.9. The van der Waals surface area contributed by atoms with E-state index in [4.69, 9.17) is 31.9 Å². The largest absolute Gasteiger partial charge is 0.508 e. The molecule has 1 unspecified atom stereocenters. The summed E-state index contributed by atoms with van der Waals surface area (Å²) in [5.74, 6) is 0.846. The number of phenolic OH excluding ortho intramolecular Hbond substituents is 2. The highest BCUT2D eigenvalue weighted by Gasteiger charge is 2.32. The van der Waals surface area contributed by atoms with E-state index in [1.165, 1.54) is 42.5 Å². The number of phenols is 2. The molecule has 284 valence electrons. The Morgan fingerprint density at radius 3 is 2.16 bits per heavy atom. The lowest BCUT2D eigenvalue weighted by molar-refractivity contribution is -0.0952. The summed E-state index contributed by atoms with van der Waals surface area (Å²) in [6, 6.07) is 24.9. The summed E-state index contributed by atoms with van der Waals surface area (Å²) in [7, 11) is 0. The van der Waals surface area contributed by atoms with E-state index in [9.17, 15) is 29.4 Å². The van der Waals surface area contributed by atoms with Crippen LogP contribution in [0.25, 0.3) is 44.2 Å². The Labute approximate surface area is 320 Å². The molecule has 0 saturated heterocycles. The van der Waals surface area contributed by atoms with Crippen LogP contribution < -0.4 is 32.0 Å². The van der Waals surface area contributed by atoms with Gasteiger partial charge in [-0.1, -0.05) is 18.2 Å². The van der Waals surface area contributed by atoms with Gasteiger partial charge >= 0.3 is 22.5 Å². The Bertz CT molecular complexity index is 3150. The van der Waals surface area contributed by atoms with Gasteiger partial charge in [0, 0.05) is 35.6 Å². The third-order valence-electron chi connectivity index (χ3n) is 9.74. The summed E-state index contributed by atoms with van der Waals surface area (Å²) >= 11 is 0. The third-order valence-corrected chi connectivity index (χ3v) is 9.74. The molecule has 1 aliphatic rings. The zero-order chi connectivity index (χ0) is 39.4. The van der Waals surface area contributed by atoms with E-state index >= 15 is 0 Å². The molecule has 13 heteroatoms. The molecule has 9 rings (SSSR count). The molecule has 0 aliphatic carbocycles. The zero-order valence-corrected chi connectivity index (χ0v) is 30.0. The molecule has 8 aromatic rings. The molecular formula is C44H30O13. The van der Waals surface area contributed by atoms with Crippen molar-refractivity contribution < 1.29 is 42.1 Å². The smallest absolute Gasteiger partial charge is 0.339 e. The van der Waals surface area contributed by atoms with Gasteiger partial charge < -0.3 is 42.1 Å². The maximum Gasteiger partial charge on any atom is 0.339 e. The van der Waals surface area contributed by atoms with Gasteiger partial charge in [0.2, 0.25) is 6.29 Å². The Morgan fingerprint density at radius 1 is 0.649 bits per heavy atom. The molecule has 5 heterocycles. The zero-order valence-electron chi connectivity index (χ0n) is 30.0. The van der Waals surface area contributed by atoms with E-state index in [2.05, 4.69) is 0 Å². The maximum atomic E-state index is 13.8. The first-order chi connectivity index (χ1) is 27.6. The van der Waals surface area contributed by atoms with Gasteiger partial charge in [0.15, 0.2) is 5.76 Å². The van der Waals surface area contributed by atoms with E-state index in [1.807, 2.05) is 6.92 Å². The molecule has 0 bridgehead atoms. The second-order valence-corrected chi connectivity index (χ2v) is 13.5. The summed E-state index contributed by atoms with van der Waals surface area (Å²) < 4.78 is 40.8. The first-order valence-electron chi connectivity index (χ1n) is 17.9. The number of rotatable bonds is 9. The lowest BCUT2D eigenvalue weighted by Gasteiger charge is -2.28. The minimum absolute atomic E-state index is 0.00653. The molecule has 57 heavy (non-hydrogen) atoms. The fourth-order valence-electron chi connectivity index (χ4n) is 7.33. The highest BCUT2D eigenvalue weighted by molar-refractivity contribution is 5.88. The average molecular weight is 767 g/mol. The van der Waals surface area contributed by atoms with Gasteiger partial charge in [0.25, 0.3) is 0 Å². The monoisotopic (exact) mass is 766 g/mol. The van der Waals surface area contributed by atoms with Gasteiger partial charge in [-0.2, -0.15) is 0 Å². The minimum Gasteiger partial charge on any atom is -0.508 e. The molecule has 13 nitrogen and oxygen atoms in total. The van der Waals surface area contributed by atoms with Crippen LogP contribution in [0.1, 0.15) is 46.6 Å². The van der Waals surface area contributed by atoms with Crippen molar-refractivity contribution in [2.24, 2.45) is 0 Å². The number of hydrogen-bond acceptors (Lipinski definition) is 13. The van der Waals surface area contributed by atoms with E-state index in [0.29, 0.717) is 73.4 Å². The van der Waals surface area contributed by atoms with Crippen molar-refractivity contribution in [3.8, 4) is 34.3 Å². The molecule has 1 atom stereocenters. The van der Waals surface area contributed by atoms with Gasteiger partial charge in [0.1, 0.15) is 39.7 Å². The van der Waals surface area contributed by atoms with Crippen LogP contribution in [0.4, 0.5) is 0 Å². The number of hydrogen-bond donors (Lipinski definition) is 2. The average Bonchev–Trinajstić information content (AvgIpc) is 3.17. The Balaban J connectivity index is 1.15. The van der Waals surface area contributed by atoms with Crippen molar-refractivity contribution in [1.29, 1.82) is 0 Å². The Morgan fingerprint density at radius 2 is 1.37 bits per heavy atom. The fraction of sp³-hybridized carbons (Fsp3) is 0.136. The van der Waals surface area contributed by atoms with E-state index in [-0.39, 0.29) is 53.2 Å². The topological polar surface area (TPSA) is 189 Å². The van der Waals surface area contributed by atoms with Crippen molar-refractivity contribution >= 4 is 32.9 Å². The van der Waals surface area contributed by atoms with Crippen LogP contribution in [-0.2, 0) is 24.2 Å². The summed E-state index contributed by atoms with van der Waals surface area (Å²) in [4.78, 5) is 51.4. The van der Waals surface area contributed by atoms with Crippen LogP contribution in [0.3, 0.4) is 0 Å². The quantitative estimate of drug-likeness (QED) is 0.140. The van der Waals surface area contributed by atoms with Gasteiger partial charge in [-0.25, -0.2) is 19.2 Å². The predicted octanol–water partition coefficient (Wildman–Crippen LogP) is 7.23. The maximum absolute atomic E-state index is 13.8. The Kier molecular flexibility index (Phi) is 8.70. The van der Waals surface area contributed by atoms with Crippen molar-refractivity contribution in [3.05, 3.63) is 172 Å². The van der Waals surface area contributed by atoms with Gasteiger partial charge in [-0.3, -0.25) is 0 Å². The highest BCUT2D eigenvalue weighted by atomic mass is 16.7. The molecule has 2 N–H and O–H groups in total. The summed E-state index contributed by atoms with van der Waals surface area (Å²) in [5, 5.41) is 22.2. The molecule has 0 spiro atoms. The summed E-state index contributed by atoms with van der Waals surface area (Å²) in [6.45, 7) is 2.06. The number of ether oxygens (including phenoxy) is 3. The number of aromatic hydroxyl groups is 2. The molecule has 0 amide bonds. The van der Waals surface area contributed by atoms with Crippen LogP contribution in [0, 0.1) is 0 Å². The van der Waals surface area contributed by atoms with Crippen molar-refractivity contribution in [3.63, 3.8) is 0 Å². The fourth-order valence-corrected chi connectivity index (χ4v) is 7.33. The molecule has 1 aliphatic heterocycles. The molecule has 0 fully saturated rings. The molecular weight excluding hydrogens is 736 g/mol. The molecule has 4 aromatic carbocycles. The Hall–Kier alpha value is -7.38. The minimum atomic E-state index is -1.17. The van der Waals surface area contributed by atoms with Crippen LogP contribution >= 0.6 is 0 Å². The van der Waals surface area contributed by atoms with Crippen molar-refractivity contribution in [2.75, 3.05) is 6.61 Å². The number of fused-ring (bicyclic) bond motifs is 6. The van der Waals surface area contributed by atoms with Crippen LogP contribution in [-0.4, -0.2) is 16.8 Å². The second-order valence-electron chi connectivity index (χ2n) is 13.5. The van der Waals surface area contributed by atoms with E-state index in [1.54, 1.807) is 54.6 Å². The lowest BCUT2D eigenvalue weighted by Crippen LogP contribution is -2.21. The second kappa shape index (κ2) is 14.0. The van der Waals surface area contributed by atoms with E-state index < -0.39 is 28.8 Å². The normalized spacial score (nSPS) is 13.4. The first kappa shape index (κ1) is 35.3. The van der Waals surface area contributed by atoms with Crippen LogP contribution in [0.2, 0.25) is 0 Å². The molecule has 4 aromatic heterocycles. The predicted molar refractivity (Wildman–Crippen MR) is 206 cm³/mol. The molecule has 0 radical (unpaired) electrons. The lowest BCUT2D eigenvalue weighted by atomic mass is 9.95. The SMILES string of the molecule is CCOc1cccc2oc(=O)cc(COC3Oc4ccc(Cc5cc(=O)oc6ccc(O)cc56)cc4-c4oc(=O)c(Cc5cc(=O)oc6cccc(O)c56)cc43)c12.